The maximum Gasteiger partial charge on any atom is 0.344 e. The summed E-state index contributed by atoms with van der Waals surface area (Å²) in [6.07, 6.45) is 2.28. The summed E-state index contributed by atoms with van der Waals surface area (Å²) in [5.41, 5.74) is 5.06. The Balaban J connectivity index is 1.59. The van der Waals surface area contributed by atoms with Crippen LogP contribution in [0.4, 0.5) is 4.79 Å². The van der Waals surface area contributed by atoms with E-state index in [1.165, 1.54) is 16.9 Å². The Morgan fingerprint density at radius 1 is 1.27 bits per heavy atom. The minimum Gasteiger partial charge on any atom is -0.322 e. The third-order valence-corrected chi connectivity index (χ3v) is 6.35. The van der Waals surface area contributed by atoms with Crippen molar-refractivity contribution in [1.29, 1.82) is 0 Å². The highest BCUT2D eigenvalue weighted by molar-refractivity contribution is 7.17. The summed E-state index contributed by atoms with van der Waals surface area (Å²) in [5.74, 6) is -0.879. The fourth-order valence-electron chi connectivity index (χ4n) is 3.37. The molecule has 1 aromatic carbocycles. The van der Waals surface area contributed by atoms with E-state index in [1.807, 2.05) is 25.1 Å². The van der Waals surface area contributed by atoms with Gasteiger partial charge in [0.1, 0.15) is 5.54 Å². The third kappa shape index (κ3) is 2.50. The minimum absolute atomic E-state index is 0.439. The molecule has 1 aliphatic heterocycles. The van der Waals surface area contributed by atoms with E-state index in [2.05, 4.69) is 22.9 Å². The zero-order valence-electron chi connectivity index (χ0n) is 14.6. The van der Waals surface area contributed by atoms with Crippen molar-refractivity contribution in [3.63, 3.8) is 0 Å². The average molecular weight is 369 g/mol. The van der Waals surface area contributed by atoms with Crippen LogP contribution in [0.5, 0.6) is 0 Å². The Hall–Kier alpha value is -2.67. The number of benzene rings is 1. The number of amides is 4. The molecule has 2 aliphatic rings. The molecule has 0 unspecified atom stereocenters. The summed E-state index contributed by atoms with van der Waals surface area (Å²) in [5, 5.41) is 3.41. The molecule has 1 atom stereocenters. The van der Waals surface area contributed by atoms with Gasteiger partial charge in [-0.2, -0.15) is 5.01 Å². The molecule has 2 N–H and O–H groups in total. The Morgan fingerprint density at radius 3 is 2.73 bits per heavy atom. The van der Waals surface area contributed by atoms with Gasteiger partial charge in [-0.3, -0.25) is 15.0 Å². The average Bonchev–Trinajstić information content (AvgIpc) is 3.17. The maximum absolute atomic E-state index is 12.6. The molecule has 0 radical (unpaired) electrons. The molecule has 0 saturated carbocycles. The molecule has 4 rings (SSSR count). The summed E-state index contributed by atoms with van der Waals surface area (Å²) in [7, 11) is 0. The minimum atomic E-state index is -0.974. The molecular formula is C19H19N3O3S. The first kappa shape index (κ1) is 16.8. The molecule has 2 aromatic rings. The Labute approximate surface area is 155 Å². The van der Waals surface area contributed by atoms with Gasteiger partial charge >= 0.3 is 6.03 Å². The first-order valence-corrected chi connectivity index (χ1v) is 9.43. The number of nitrogens with zero attached hydrogens (tertiary/aromatic N) is 1. The number of hydrazine groups is 1. The van der Waals surface area contributed by atoms with Crippen LogP contribution in [0.1, 0.15) is 41.1 Å². The topological polar surface area (TPSA) is 78.5 Å². The van der Waals surface area contributed by atoms with Gasteiger partial charge < -0.3 is 5.32 Å². The molecule has 4 amide bonds. The van der Waals surface area contributed by atoms with Crippen LogP contribution < -0.4 is 10.7 Å². The third-order valence-electron chi connectivity index (χ3n) is 5.14. The van der Waals surface area contributed by atoms with Gasteiger partial charge in [0.25, 0.3) is 11.8 Å². The van der Waals surface area contributed by atoms with E-state index in [-0.39, 0.29) is 0 Å². The molecule has 1 fully saturated rings. The summed E-state index contributed by atoms with van der Waals surface area (Å²) >= 11 is 1.40. The number of rotatable bonds is 3. The van der Waals surface area contributed by atoms with Crippen molar-refractivity contribution in [3.05, 3.63) is 46.3 Å². The number of urea groups is 1. The van der Waals surface area contributed by atoms with E-state index >= 15 is 0 Å². The first-order chi connectivity index (χ1) is 12.4. The number of fused-ring (bicyclic) bond motifs is 3. The van der Waals surface area contributed by atoms with Gasteiger partial charge in [-0.1, -0.05) is 31.2 Å². The number of imide groups is 1. The van der Waals surface area contributed by atoms with Crippen LogP contribution in [0.15, 0.2) is 30.3 Å². The van der Waals surface area contributed by atoms with Crippen LogP contribution in [0, 0.1) is 0 Å². The number of thiophene rings is 1. The second-order valence-electron chi connectivity index (χ2n) is 6.82. The summed E-state index contributed by atoms with van der Waals surface area (Å²) in [6.45, 7) is 3.47. The number of hydrogen-bond donors (Lipinski definition) is 2. The highest BCUT2D eigenvalue weighted by Gasteiger charge is 2.47. The zero-order chi connectivity index (χ0) is 18.5. The van der Waals surface area contributed by atoms with Gasteiger partial charge in [0.15, 0.2) is 0 Å². The Kier molecular flexibility index (Phi) is 3.84. The monoisotopic (exact) mass is 369 g/mol. The molecule has 2 heterocycles. The van der Waals surface area contributed by atoms with E-state index < -0.39 is 23.4 Å². The van der Waals surface area contributed by atoms with Crippen molar-refractivity contribution >= 4 is 29.2 Å². The van der Waals surface area contributed by atoms with Crippen molar-refractivity contribution < 1.29 is 14.4 Å². The van der Waals surface area contributed by atoms with Crippen molar-refractivity contribution in [2.45, 2.75) is 38.6 Å². The SMILES string of the molecule is CC[C@]1(C)NC(=O)N(NC(=O)c2cc3c(s2)-c2ccccc2CC3)C1=O. The van der Waals surface area contributed by atoms with Crippen molar-refractivity contribution in [2.24, 2.45) is 0 Å². The van der Waals surface area contributed by atoms with Crippen LogP contribution >= 0.6 is 11.3 Å². The van der Waals surface area contributed by atoms with Crippen molar-refractivity contribution in [2.75, 3.05) is 0 Å². The molecular weight excluding hydrogens is 350 g/mol. The largest absolute Gasteiger partial charge is 0.344 e. The molecule has 26 heavy (non-hydrogen) atoms. The van der Waals surface area contributed by atoms with Crippen LogP contribution in [0.25, 0.3) is 10.4 Å². The van der Waals surface area contributed by atoms with Crippen LogP contribution in [0.2, 0.25) is 0 Å². The molecule has 1 aliphatic carbocycles. The van der Waals surface area contributed by atoms with E-state index in [0.717, 1.165) is 33.9 Å². The highest BCUT2D eigenvalue weighted by atomic mass is 32.1. The Bertz CT molecular complexity index is 936. The second-order valence-corrected chi connectivity index (χ2v) is 7.87. The zero-order valence-corrected chi connectivity index (χ0v) is 15.4. The van der Waals surface area contributed by atoms with Gasteiger partial charge in [-0.15, -0.1) is 11.3 Å². The first-order valence-electron chi connectivity index (χ1n) is 8.61. The van der Waals surface area contributed by atoms with Gasteiger partial charge in [0.2, 0.25) is 0 Å². The van der Waals surface area contributed by atoms with Crippen molar-refractivity contribution in [3.8, 4) is 10.4 Å². The van der Waals surface area contributed by atoms with E-state index in [0.29, 0.717) is 11.3 Å². The molecule has 7 heteroatoms. The van der Waals surface area contributed by atoms with Crippen LogP contribution in [0.3, 0.4) is 0 Å². The highest BCUT2D eigenvalue weighted by Crippen LogP contribution is 2.39. The lowest BCUT2D eigenvalue weighted by molar-refractivity contribution is -0.132. The van der Waals surface area contributed by atoms with Gasteiger partial charge in [-0.25, -0.2) is 4.79 Å². The molecule has 0 bridgehead atoms. The second kappa shape index (κ2) is 5.95. The van der Waals surface area contributed by atoms with Crippen LogP contribution in [-0.2, 0) is 17.6 Å². The Morgan fingerprint density at radius 2 is 2.00 bits per heavy atom. The molecule has 1 aromatic heterocycles. The molecule has 134 valence electrons. The predicted octanol–water partition coefficient (Wildman–Crippen LogP) is 2.88. The quantitative estimate of drug-likeness (QED) is 0.817. The summed E-state index contributed by atoms with van der Waals surface area (Å²) in [6, 6.07) is 9.45. The van der Waals surface area contributed by atoms with E-state index in [9.17, 15) is 14.4 Å². The lowest BCUT2D eigenvalue weighted by Gasteiger charge is -2.19. The number of carbonyl (C=O) groups excluding carboxylic acids is 3. The van der Waals surface area contributed by atoms with Gasteiger partial charge in [0.05, 0.1) is 4.88 Å². The fraction of sp³-hybridized carbons (Fsp3) is 0.316. The van der Waals surface area contributed by atoms with Crippen molar-refractivity contribution in [1.82, 2.24) is 15.8 Å². The number of nitrogens with one attached hydrogen (secondary N) is 2. The summed E-state index contributed by atoms with van der Waals surface area (Å²) < 4.78 is 0. The van der Waals surface area contributed by atoms with E-state index in [1.54, 1.807) is 6.92 Å². The lowest BCUT2D eigenvalue weighted by atomic mass is 9.91. The maximum atomic E-state index is 12.6. The lowest BCUT2D eigenvalue weighted by Crippen LogP contribution is -2.48. The fourth-order valence-corrected chi connectivity index (χ4v) is 4.53. The van der Waals surface area contributed by atoms with Gasteiger partial charge in [0, 0.05) is 4.88 Å². The summed E-state index contributed by atoms with van der Waals surface area (Å²) in [4.78, 5) is 38.7. The molecule has 6 nitrogen and oxygen atoms in total. The van der Waals surface area contributed by atoms with Gasteiger partial charge in [-0.05, 0) is 48.9 Å². The smallest absolute Gasteiger partial charge is 0.322 e. The predicted molar refractivity (Wildman–Crippen MR) is 98.7 cm³/mol. The normalized spacial score (nSPS) is 21.2. The number of hydrogen-bond acceptors (Lipinski definition) is 4. The standard InChI is InChI=1S/C19H19N3O3S/c1-3-19(2)17(24)22(18(25)20-19)21-16(23)14-10-12-9-8-11-6-4-5-7-13(11)15(12)26-14/h4-7,10H,3,8-9H2,1-2H3,(H,20,25)(H,21,23)/t19-/m0/s1. The van der Waals surface area contributed by atoms with Crippen LogP contribution in [-0.4, -0.2) is 28.4 Å². The number of carbonyl (C=O) groups is 3. The van der Waals surface area contributed by atoms with E-state index in [4.69, 9.17) is 0 Å². The number of aryl methyl sites for hydroxylation is 2. The molecule has 1 saturated heterocycles. The molecule has 0 spiro atoms.